The number of phenolic OH excluding ortho intramolecular Hbond substituents is 1. The molecule has 1 aromatic rings. The van der Waals surface area contributed by atoms with Gasteiger partial charge in [-0.05, 0) is 13.0 Å². The van der Waals surface area contributed by atoms with Gasteiger partial charge in [0.2, 0.25) is 5.82 Å². The van der Waals surface area contributed by atoms with Crippen LogP contribution in [-0.2, 0) is 4.74 Å². The Balaban J connectivity index is 2.32. The average Bonchev–Trinajstić information content (AvgIpc) is 2.47. The van der Waals surface area contributed by atoms with Gasteiger partial charge < -0.3 is 14.7 Å². The molecule has 8 heteroatoms. The van der Waals surface area contributed by atoms with Crippen LogP contribution in [0.2, 0.25) is 0 Å². The van der Waals surface area contributed by atoms with E-state index in [2.05, 4.69) is 15.9 Å². The van der Waals surface area contributed by atoms with Crippen molar-refractivity contribution in [1.29, 1.82) is 0 Å². The van der Waals surface area contributed by atoms with E-state index >= 15 is 0 Å². The number of ether oxygens (including phenoxy) is 1. The highest BCUT2D eigenvalue weighted by atomic mass is 79.9. The van der Waals surface area contributed by atoms with Gasteiger partial charge in [-0.3, -0.25) is 4.79 Å². The van der Waals surface area contributed by atoms with Gasteiger partial charge in [-0.2, -0.15) is 4.39 Å². The van der Waals surface area contributed by atoms with Crippen molar-refractivity contribution in [3.63, 3.8) is 0 Å². The molecule has 2 unspecified atom stereocenters. The number of carbonyl (C=O) groups excluding carboxylic acids is 1. The summed E-state index contributed by atoms with van der Waals surface area (Å²) in [4.78, 5) is 13.5. The molecule has 0 spiro atoms. The van der Waals surface area contributed by atoms with Crippen molar-refractivity contribution < 1.29 is 27.8 Å². The summed E-state index contributed by atoms with van der Waals surface area (Å²) < 4.78 is 45.6. The summed E-state index contributed by atoms with van der Waals surface area (Å²) in [7, 11) is 0. The van der Waals surface area contributed by atoms with Crippen LogP contribution in [-0.4, -0.2) is 46.5 Å². The largest absolute Gasteiger partial charge is 0.503 e. The monoisotopic (exact) mass is 367 g/mol. The maximum Gasteiger partial charge on any atom is 0.257 e. The lowest BCUT2D eigenvalue weighted by Gasteiger charge is -2.36. The van der Waals surface area contributed by atoms with Crippen LogP contribution in [0.25, 0.3) is 0 Å². The van der Waals surface area contributed by atoms with Crippen molar-refractivity contribution in [1.82, 2.24) is 4.90 Å². The van der Waals surface area contributed by atoms with Crippen molar-refractivity contribution in [2.45, 2.75) is 19.1 Å². The molecule has 0 aliphatic carbocycles. The van der Waals surface area contributed by atoms with Gasteiger partial charge in [-0.25, -0.2) is 8.78 Å². The van der Waals surface area contributed by atoms with E-state index in [1.807, 2.05) is 0 Å². The molecule has 1 aliphatic rings. The van der Waals surface area contributed by atoms with E-state index in [-0.39, 0.29) is 25.3 Å². The van der Waals surface area contributed by atoms with E-state index in [9.17, 15) is 23.1 Å². The summed E-state index contributed by atoms with van der Waals surface area (Å²) in [6.45, 7) is 2.13. The zero-order valence-electron chi connectivity index (χ0n) is 11.1. The molecule has 0 aromatic heterocycles. The number of amides is 1. The van der Waals surface area contributed by atoms with Crippen LogP contribution in [0, 0.1) is 17.5 Å². The molecular formula is C13H13BrF3NO3. The fraction of sp³-hybridized carbons (Fsp3) is 0.462. The van der Waals surface area contributed by atoms with Crippen LogP contribution < -0.4 is 0 Å². The molecule has 1 amide bonds. The standard InChI is InChI=1S/C13H13BrF3NO3/c1-6-4-18(5-7(3-14)21-6)13(20)8-2-9(15)11(17)12(19)10(8)16/h2,6-7,19H,3-5H2,1H3. The quantitative estimate of drug-likeness (QED) is 0.645. The van der Waals surface area contributed by atoms with E-state index in [4.69, 9.17) is 4.74 Å². The summed E-state index contributed by atoms with van der Waals surface area (Å²) in [5.74, 6) is -6.96. The van der Waals surface area contributed by atoms with Gasteiger partial charge in [-0.15, -0.1) is 0 Å². The molecule has 21 heavy (non-hydrogen) atoms. The van der Waals surface area contributed by atoms with Crippen LogP contribution >= 0.6 is 15.9 Å². The fourth-order valence-corrected chi connectivity index (χ4v) is 2.57. The average molecular weight is 368 g/mol. The number of alkyl halides is 1. The molecule has 1 heterocycles. The maximum atomic E-state index is 13.8. The number of carbonyl (C=O) groups is 1. The van der Waals surface area contributed by atoms with Crippen molar-refractivity contribution in [2.75, 3.05) is 18.4 Å². The Bertz CT molecular complexity index is 570. The normalized spacial score (nSPS) is 22.4. The zero-order valence-corrected chi connectivity index (χ0v) is 12.7. The number of hydrogen-bond donors (Lipinski definition) is 1. The Kier molecular flexibility index (Phi) is 4.77. The number of phenols is 1. The van der Waals surface area contributed by atoms with Crippen LogP contribution in [0.3, 0.4) is 0 Å². The predicted octanol–water partition coefficient (Wildman–Crippen LogP) is 2.43. The zero-order chi connectivity index (χ0) is 15.7. The molecular weight excluding hydrogens is 355 g/mol. The summed E-state index contributed by atoms with van der Waals surface area (Å²) in [6, 6.07) is 0.454. The summed E-state index contributed by atoms with van der Waals surface area (Å²) in [5, 5.41) is 9.65. The van der Waals surface area contributed by atoms with E-state index in [0.717, 1.165) is 0 Å². The van der Waals surface area contributed by atoms with E-state index in [1.54, 1.807) is 6.92 Å². The Morgan fingerprint density at radius 1 is 1.43 bits per heavy atom. The molecule has 2 atom stereocenters. The third-order valence-electron chi connectivity index (χ3n) is 3.15. The molecule has 1 saturated heterocycles. The molecule has 116 valence electrons. The minimum absolute atomic E-state index is 0.188. The maximum absolute atomic E-state index is 13.8. The highest BCUT2D eigenvalue weighted by molar-refractivity contribution is 9.09. The van der Waals surface area contributed by atoms with Crippen LogP contribution in [0.15, 0.2) is 6.07 Å². The van der Waals surface area contributed by atoms with Gasteiger partial charge in [0, 0.05) is 18.4 Å². The molecule has 4 nitrogen and oxygen atoms in total. The number of halogens is 4. The molecule has 1 fully saturated rings. The first kappa shape index (κ1) is 16.1. The molecule has 0 bridgehead atoms. The molecule has 0 saturated carbocycles. The second kappa shape index (κ2) is 6.23. The van der Waals surface area contributed by atoms with Crippen molar-refractivity contribution in [3.05, 3.63) is 29.1 Å². The van der Waals surface area contributed by atoms with Gasteiger partial charge in [0.1, 0.15) is 0 Å². The summed E-state index contributed by atoms with van der Waals surface area (Å²) in [5.41, 5.74) is -0.700. The van der Waals surface area contributed by atoms with Crippen LogP contribution in [0.4, 0.5) is 13.2 Å². The molecule has 1 aliphatic heterocycles. The molecule has 1 N–H and O–H groups in total. The second-order valence-electron chi connectivity index (χ2n) is 4.82. The van der Waals surface area contributed by atoms with E-state index in [0.29, 0.717) is 11.4 Å². The van der Waals surface area contributed by atoms with Crippen LogP contribution in [0.5, 0.6) is 5.75 Å². The minimum atomic E-state index is -1.71. The SMILES string of the molecule is CC1CN(C(=O)c2cc(F)c(F)c(O)c2F)CC(CBr)O1. The third kappa shape index (κ3) is 3.16. The number of morpholine rings is 1. The molecule has 0 radical (unpaired) electrons. The first-order valence-electron chi connectivity index (χ1n) is 6.22. The predicted molar refractivity (Wildman–Crippen MR) is 72.0 cm³/mol. The van der Waals surface area contributed by atoms with Crippen molar-refractivity contribution in [3.8, 4) is 5.75 Å². The highest BCUT2D eigenvalue weighted by Crippen LogP contribution is 2.27. The van der Waals surface area contributed by atoms with E-state index < -0.39 is 34.7 Å². The van der Waals surface area contributed by atoms with Crippen molar-refractivity contribution in [2.24, 2.45) is 0 Å². The first-order chi connectivity index (χ1) is 9.85. The Labute approximate surface area is 127 Å². The van der Waals surface area contributed by atoms with Gasteiger partial charge >= 0.3 is 0 Å². The summed E-state index contributed by atoms with van der Waals surface area (Å²) in [6.07, 6.45) is -0.549. The van der Waals surface area contributed by atoms with E-state index in [1.165, 1.54) is 4.90 Å². The van der Waals surface area contributed by atoms with Gasteiger partial charge in [0.25, 0.3) is 5.91 Å². The smallest absolute Gasteiger partial charge is 0.257 e. The first-order valence-corrected chi connectivity index (χ1v) is 7.34. The number of benzene rings is 1. The molecule has 2 rings (SSSR count). The topological polar surface area (TPSA) is 49.8 Å². The van der Waals surface area contributed by atoms with Gasteiger partial charge in [0.05, 0.1) is 17.8 Å². The lowest BCUT2D eigenvalue weighted by molar-refractivity contribution is -0.0560. The number of rotatable bonds is 2. The molecule has 1 aromatic carbocycles. The number of nitrogens with zero attached hydrogens (tertiary/aromatic N) is 1. The minimum Gasteiger partial charge on any atom is -0.503 e. The Morgan fingerprint density at radius 3 is 2.71 bits per heavy atom. The van der Waals surface area contributed by atoms with Crippen LogP contribution in [0.1, 0.15) is 17.3 Å². The highest BCUT2D eigenvalue weighted by Gasteiger charge is 2.31. The summed E-state index contributed by atoms with van der Waals surface area (Å²) >= 11 is 3.23. The third-order valence-corrected chi connectivity index (χ3v) is 3.87. The van der Waals surface area contributed by atoms with Crippen molar-refractivity contribution >= 4 is 21.8 Å². The second-order valence-corrected chi connectivity index (χ2v) is 5.46. The number of hydrogen-bond acceptors (Lipinski definition) is 3. The fourth-order valence-electron chi connectivity index (χ4n) is 2.21. The Morgan fingerprint density at radius 2 is 2.10 bits per heavy atom. The lowest BCUT2D eigenvalue weighted by atomic mass is 10.1. The van der Waals surface area contributed by atoms with Gasteiger partial charge in [0.15, 0.2) is 17.4 Å². The Hall–Kier alpha value is -1.28. The van der Waals surface area contributed by atoms with Gasteiger partial charge in [-0.1, -0.05) is 15.9 Å². The number of aromatic hydroxyl groups is 1. The lowest BCUT2D eigenvalue weighted by Crippen LogP contribution is -2.49.